The van der Waals surface area contributed by atoms with Gasteiger partial charge in [0.15, 0.2) is 0 Å². The molecule has 0 radical (unpaired) electrons. The third-order valence-corrected chi connectivity index (χ3v) is 15.2. The molecule has 6 heteroatoms. The van der Waals surface area contributed by atoms with E-state index in [0.717, 1.165) is 61.3 Å². The summed E-state index contributed by atoms with van der Waals surface area (Å²) in [5.74, 6) is 3.11. The second-order valence-electron chi connectivity index (χ2n) is 24.1. The number of para-hydroxylation sites is 1. The van der Waals surface area contributed by atoms with E-state index in [1.807, 2.05) is 6.20 Å². The Bertz CT molecular complexity index is 3530. The van der Waals surface area contributed by atoms with Crippen molar-refractivity contribution in [3.63, 3.8) is 0 Å². The predicted molar refractivity (Wildman–Crippen MR) is 317 cm³/mol. The molecule has 10 rings (SSSR count). The number of pyridine rings is 1. The van der Waals surface area contributed by atoms with Crippen LogP contribution >= 0.6 is 0 Å². The Morgan fingerprint density at radius 2 is 1.13 bits per heavy atom. The Labute approximate surface area is 467 Å². The van der Waals surface area contributed by atoms with Crippen molar-refractivity contribution in [3.8, 4) is 39.6 Å². The molecule has 0 unspecified atom stereocenters. The largest absolute Gasteiger partial charge is 0.509 e. The summed E-state index contributed by atoms with van der Waals surface area (Å²) < 4.78 is 9.51. The van der Waals surface area contributed by atoms with Crippen molar-refractivity contribution in [1.29, 1.82) is 0 Å². The van der Waals surface area contributed by atoms with Crippen molar-refractivity contribution in [3.05, 3.63) is 222 Å². The number of benzene rings is 7. The molecule has 2 aromatic heterocycles. The van der Waals surface area contributed by atoms with Crippen LogP contribution in [0.15, 0.2) is 164 Å². The Morgan fingerprint density at radius 1 is 0.539 bits per heavy atom. The molecule has 0 atom stereocenters. The molecule has 76 heavy (non-hydrogen) atoms. The summed E-state index contributed by atoms with van der Waals surface area (Å²) in [6.45, 7) is 34.3. The Hall–Kier alpha value is -6.68. The average molecular weight is 1180 g/mol. The van der Waals surface area contributed by atoms with Gasteiger partial charge >= 0.3 is 0 Å². The number of rotatable bonds is 12. The third kappa shape index (κ3) is 10.6. The fraction of sp³-hybridized carbons (Fsp3) is 0.286. The van der Waals surface area contributed by atoms with E-state index in [9.17, 15) is 0 Å². The van der Waals surface area contributed by atoms with Gasteiger partial charge in [-0.15, -0.1) is 53.8 Å². The molecule has 0 aliphatic carbocycles. The molecular formula is C70H73N4OPt-3. The normalized spacial score (nSPS) is 13.2. The van der Waals surface area contributed by atoms with E-state index in [4.69, 9.17) is 9.72 Å². The van der Waals surface area contributed by atoms with Gasteiger partial charge in [0.1, 0.15) is 5.82 Å². The van der Waals surface area contributed by atoms with Gasteiger partial charge in [0.2, 0.25) is 0 Å². The summed E-state index contributed by atoms with van der Waals surface area (Å²) in [5.41, 5.74) is 17.1. The van der Waals surface area contributed by atoms with Gasteiger partial charge in [0, 0.05) is 50.0 Å². The van der Waals surface area contributed by atoms with Crippen molar-refractivity contribution < 1.29 is 25.8 Å². The van der Waals surface area contributed by atoms with Crippen molar-refractivity contribution in [2.24, 2.45) is 0 Å². The number of anilines is 2. The quantitative estimate of drug-likeness (QED) is 0.114. The summed E-state index contributed by atoms with van der Waals surface area (Å²) in [6, 6.07) is 60.5. The number of fused-ring (bicyclic) bond motifs is 3. The number of hydrogen-bond acceptors (Lipinski definition) is 4. The van der Waals surface area contributed by atoms with Crippen LogP contribution in [0.2, 0.25) is 0 Å². The van der Waals surface area contributed by atoms with Crippen LogP contribution in [0.1, 0.15) is 154 Å². The minimum absolute atomic E-state index is 0. The molecular weight excluding hydrogens is 1110 g/mol. The number of hydrogen-bond donors (Lipinski definition) is 0. The van der Waals surface area contributed by atoms with E-state index in [-0.39, 0.29) is 31.9 Å². The van der Waals surface area contributed by atoms with Crippen LogP contribution in [0.4, 0.5) is 11.4 Å². The van der Waals surface area contributed by atoms with Gasteiger partial charge in [0.25, 0.3) is 0 Å². The number of aromatic nitrogens is 2. The Morgan fingerprint density at radius 3 is 1.75 bits per heavy atom. The van der Waals surface area contributed by atoms with Gasteiger partial charge < -0.3 is 19.1 Å². The molecule has 0 bridgehead atoms. The minimum atomic E-state index is -0.440. The molecule has 0 spiro atoms. The predicted octanol–water partition coefficient (Wildman–Crippen LogP) is 19.1. The molecule has 0 saturated heterocycles. The fourth-order valence-electron chi connectivity index (χ4n) is 10.7. The molecule has 0 fully saturated rings. The third-order valence-electron chi connectivity index (χ3n) is 15.2. The first-order chi connectivity index (χ1) is 35.6. The molecule has 392 valence electrons. The maximum atomic E-state index is 7.21. The summed E-state index contributed by atoms with van der Waals surface area (Å²) >= 11 is 0. The van der Waals surface area contributed by atoms with Crippen LogP contribution in [0, 0.1) is 18.8 Å². The standard InChI is InChI=1S/C70H73N4O.Pt/c1-45(2)50-35-60(46(3)4)66(61(36-50)47(5)6)49-29-30-71-65(37-49)74-63-28-22-21-27-59(63)67-62(70(13,14)52-25-19-16-20-26-52)42-58(43-64(67)74)75-57-34-51(48-23-17-15-18-24-48)33-55(41-57)72-31-32-73(44-72)56-39-53(68(7,8)9)38-54(40-56)69(10,11)12;/h15-40,42,44-47H,1-14H3;/q-3;. The van der Waals surface area contributed by atoms with Crippen molar-refractivity contribution >= 4 is 33.2 Å². The Balaban J connectivity index is 0.00000706. The topological polar surface area (TPSA) is 33.5 Å². The zero-order chi connectivity index (χ0) is 53.1. The van der Waals surface area contributed by atoms with Crippen LogP contribution in [0.5, 0.6) is 11.5 Å². The molecule has 0 amide bonds. The van der Waals surface area contributed by atoms with Crippen LogP contribution in [0.3, 0.4) is 0 Å². The monoisotopic (exact) mass is 1180 g/mol. The van der Waals surface area contributed by atoms with Crippen LogP contribution in [-0.4, -0.2) is 9.55 Å². The zero-order valence-corrected chi connectivity index (χ0v) is 49.2. The zero-order valence-electron chi connectivity index (χ0n) is 46.9. The average Bonchev–Trinajstić information content (AvgIpc) is 4.07. The van der Waals surface area contributed by atoms with E-state index in [1.54, 1.807) is 0 Å². The van der Waals surface area contributed by atoms with Crippen LogP contribution in [-0.2, 0) is 37.3 Å². The first-order valence-corrected chi connectivity index (χ1v) is 26.9. The first kappa shape index (κ1) is 54.1. The SMILES string of the molecule is CC(C)c1cc(C(C)C)c(-c2ccnc(-n3c4[c-]c(Oc5[c-]c(N6C=CN(c7cc(C(C)(C)C)cc(C(C)(C)C)c7)[CH-]6)cc(-c6ccccc6)c5)cc(C(C)(C)c5ccccc5)c4c4ccccc43)c2)c(C(C)C)c1.[Pt]. The molecule has 7 aromatic carbocycles. The van der Waals surface area contributed by atoms with Gasteiger partial charge in [-0.05, 0) is 132 Å². The molecule has 0 N–H and O–H groups in total. The fourth-order valence-corrected chi connectivity index (χ4v) is 10.7. The number of ether oxygens (including phenoxy) is 1. The summed E-state index contributed by atoms with van der Waals surface area (Å²) in [5, 5.41) is 2.26. The second-order valence-corrected chi connectivity index (χ2v) is 24.1. The summed E-state index contributed by atoms with van der Waals surface area (Å²) in [7, 11) is 0. The number of nitrogens with zero attached hydrogens (tertiary/aromatic N) is 4. The maximum absolute atomic E-state index is 7.21. The van der Waals surface area contributed by atoms with Gasteiger partial charge in [-0.25, -0.2) is 4.98 Å². The summed E-state index contributed by atoms with van der Waals surface area (Å²) in [4.78, 5) is 9.55. The van der Waals surface area contributed by atoms with Crippen molar-refractivity contribution in [2.45, 2.75) is 131 Å². The van der Waals surface area contributed by atoms with Crippen molar-refractivity contribution in [1.82, 2.24) is 9.55 Å². The molecule has 9 aromatic rings. The van der Waals surface area contributed by atoms with Crippen molar-refractivity contribution in [2.75, 3.05) is 9.80 Å². The first-order valence-electron chi connectivity index (χ1n) is 26.9. The van der Waals surface area contributed by atoms with Gasteiger partial charge in [-0.1, -0.05) is 205 Å². The Kier molecular flexibility index (Phi) is 15.0. The smallest absolute Gasteiger partial charge is 0.136 e. The minimum Gasteiger partial charge on any atom is -0.509 e. The van der Waals surface area contributed by atoms with E-state index in [0.29, 0.717) is 29.3 Å². The van der Waals surface area contributed by atoms with E-state index < -0.39 is 5.41 Å². The second kappa shape index (κ2) is 21.0. The van der Waals surface area contributed by atoms with E-state index >= 15 is 0 Å². The van der Waals surface area contributed by atoms with Gasteiger partial charge in [0.05, 0.1) is 0 Å². The molecule has 1 aliphatic rings. The van der Waals surface area contributed by atoms with Gasteiger partial charge in [-0.2, -0.15) is 0 Å². The van der Waals surface area contributed by atoms with Gasteiger partial charge in [-0.3, -0.25) is 0 Å². The van der Waals surface area contributed by atoms with Crippen LogP contribution < -0.4 is 14.5 Å². The molecule has 5 nitrogen and oxygen atoms in total. The van der Waals surface area contributed by atoms with Crippen LogP contribution in [0.25, 0.3) is 49.9 Å². The van der Waals surface area contributed by atoms with E-state index in [1.165, 1.54) is 38.9 Å². The maximum Gasteiger partial charge on any atom is 0.136 e. The molecule has 0 saturated carbocycles. The molecule has 1 aliphatic heterocycles. The summed E-state index contributed by atoms with van der Waals surface area (Å²) in [6.07, 6.45) is 6.22. The molecule has 3 heterocycles. The van der Waals surface area contributed by atoms with E-state index in [2.05, 4.69) is 288 Å².